The standard InChI is InChI=1S/C22H16N2/c1-24-14-23-21-11-5-10-20(22(21)24)18-9-4-8-17-16-7-3-2-6-15(16)12-13-19(17)18/h2-14H,1H3. The summed E-state index contributed by atoms with van der Waals surface area (Å²) in [6.07, 6.45) is 1.88. The average Bonchev–Trinajstić information content (AvgIpc) is 3.02. The highest BCUT2D eigenvalue weighted by Gasteiger charge is 2.11. The molecule has 0 aliphatic carbocycles. The molecule has 0 N–H and O–H groups in total. The van der Waals surface area contributed by atoms with Crippen LogP contribution in [0.25, 0.3) is 43.7 Å². The lowest BCUT2D eigenvalue weighted by molar-refractivity contribution is 0.948. The van der Waals surface area contributed by atoms with E-state index in [4.69, 9.17) is 0 Å². The molecule has 0 atom stereocenters. The number of imidazole rings is 1. The number of aromatic nitrogens is 2. The molecule has 1 heterocycles. The molecule has 24 heavy (non-hydrogen) atoms. The van der Waals surface area contributed by atoms with Gasteiger partial charge in [-0.1, -0.05) is 66.7 Å². The fourth-order valence-corrected chi connectivity index (χ4v) is 3.71. The van der Waals surface area contributed by atoms with Gasteiger partial charge in [0.15, 0.2) is 0 Å². The molecule has 0 fully saturated rings. The Kier molecular flexibility index (Phi) is 2.74. The molecule has 1 aromatic heterocycles. The summed E-state index contributed by atoms with van der Waals surface area (Å²) < 4.78 is 2.10. The third kappa shape index (κ3) is 1.80. The Morgan fingerprint density at radius 1 is 0.667 bits per heavy atom. The number of nitrogens with zero attached hydrogens (tertiary/aromatic N) is 2. The lowest BCUT2D eigenvalue weighted by atomic mass is 9.94. The summed E-state index contributed by atoms with van der Waals surface area (Å²) in [5, 5.41) is 5.16. The van der Waals surface area contributed by atoms with Crippen molar-refractivity contribution < 1.29 is 0 Å². The molecular formula is C22H16N2. The van der Waals surface area contributed by atoms with Gasteiger partial charge in [-0.25, -0.2) is 4.98 Å². The molecule has 0 saturated heterocycles. The van der Waals surface area contributed by atoms with E-state index >= 15 is 0 Å². The molecule has 0 aliphatic heterocycles. The minimum absolute atomic E-state index is 1.03. The lowest BCUT2D eigenvalue weighted by Crippen LogP contribution is -1.89. The highest BCUT2D eigenvalue weighted by Crippen LogP contribution is 2.36. The van der Waals surface area contributed by atoms with E-state index in [1.54, 1.807) is 0 Å². The molecule has 5 rings (SSSR count). The summed E-state index contributed by atoms with van der Waals surface area (Å²) in [5.41, 5.74) is 4.70. The fraction of sp³-hybridized carbons (Fsp3) is 0.0455. The van der Waals surface area contributed by atoms with Gasteiger partial charge in [0.1, 0.15) is 0 Å². The number of hydrogen-bond acceptors (Lipinski definition) is 1. The molecule has 2 heteroatoms. The predicted octanol–water partition coefficient (Wildman–Crippen LogP) is 5.55. The van der Waals surface area contributed by atoms with Crippen LogP contribution in [0.4, 0.5) is 0 Å². The van der Waals surface area contributed by atoms with Crippen LogP contribution in [0.3, 0.4) is 0 Å². The quantitative estimate of drug-likeness (QED) is 0.371. The van der Waals surface area contributed by atoms with E-state index in [0.29, 0.717) is 0 Å². The molecule has 0 spiro atoms. The van der Waals surface area contributed by atoms with E-state index in [2.05, 4.69) is 89.4 Å². The molecule has 0 amide bonds. The Balaban J connectivity index is 1.93. The SMILES string of the molecule is Cn1cnc2cccc(-c3cccc4c3ccc3ccccc34)c21. The maximum atomic E-state index is 4.50. The van der Waals surface area contributed by atoms with Gasteiger partial charge >= 0.3 is 0 Å². The zero-order valence-electron chi connectivity index (χ0n) is 13.4. The number of fused-ring (bicyclic) bond motifs is 4. The van der Waals surface area contributed by atoms with Crippen LogP contribution >= 0.6 is 0 Å². The van der Waals surface area contributed by atoms with E-state index in [9.17, 15) is 0 Å². The number of hydrogen-bond donors (Lipinski definition) is 0. The van der Waals surface area contributed by atoms with Gasteiger partial charge in [-0.2, -0.15) is 0 Å². The van der Waals surface area contributed by atoms with Crippen molar-refractivity contribution in [2.24, 2.45) is 7.05 Å². The van der Waals surface area contributed by atoms with Crippen LogP contribution in [0, 0.1) is 0 Å². The van der Waals surface area contributed by atoms with Crippen molar-refractivity contribution in [3.05, 3.63) is 79.1 Å². The van der Waals surface area contributed by atoms with Crippen LogP contribution < -0.4 is 0 Å². The minimum atomic E-state index is 1.03. The van der Waals surface area contributed by atoms with Crippen LogP contribution in [0.15, 0.2) is 79.1 Å². The summed E-state index contributed by atoms with van der Waals surface area (Å²) in [6, 6.07) is 25.9. The molecule has 2 nitrogen and oxygen atoms in total. The fourth-order valence-electron chi connectivity index (χ4n) is 3.71. The maximum Gasteiger partial charge on any atom is 0.0955 e. The van der Waals surface area contributed by atoms with E-state index in [-0.39, 0.29) is 0 Å². The van der Waals surface area contributed by atoms with E-state index < -0.39 is 0 Å². The Bertz CT molecular complexity index is 1210. The molecule has 0 aliphatic rings. The number of aryl methyl sites for hydroxylation is 1. The third-order valence-electron chi connectivity index (χ3n) is 4.81. The van der Waals surface area contributed by atoms with Crippen molar-refractivity contribution in [1.29, 1.82) is 0 Å². The number of benzene rings is 4. The molecule has 4 aromatic carbocycles. The van der Waals surface area contributed by atoms with Crippen molar-refractivity contribution in [2.75, 3.05) is 0 Å². The molecular weight excluding hydrogens is 292 g/mol. The first-order valence-corrected chi connectivity index (χ1v) is 8.14. The first-order chi connectivity index (χ1) is 11.8. The van der Waals surface area contributed by atoms with Gasteiger partial charge in [-0.05, 0) is 33.2 Å². The highest BCUT2D eigenvalue weighted by molar-refractivity contribution is 6.13. The van der Waals surface area contributed by atoms with Gasteiger partial charge in [-0.3, -0.25) is 0 Å². The molecule has 0 radical (unpaired) electrons. The second-order valence-corrected chi connectivity index (χ2v) is 6.22. The third-order valence-corrected chi connectivity index (χ3v) is 4.81. The predicted molar refractivity (Wildman–Crippen MR) is 101 cm³/mol. The second kappa shape index (κ2) is 4.93. The van der Waals surface area contributed by atoms with E-state index in [1.165, 1.54) is 38.2 Å². The van der Waals surface area contributed by atoms with Gasteiger partial charge in [0.25, 0.3) is 0 Å². The van der Waals surface area contributed by atoms with Gasteiger partial charge in [0.2, 0.25) is 0 Å². The Morgan fingerprint density at radius 3 is 2.42 bits per heavy atom. The topological polar surface area (TPSA) is 17.8 Å². The first-order valence-electron chi connectivity index (χ1n) is 8.14. The summed E-state index contributed by atoms with van der Waals surface area (Å²) in [6.45, 7) is 0. The Labute approximate surface area is 140 Å². The zero-order chi connectivity index (χ0) is 16.1. The lowest BCUT2D eigenvalue weighted by Gasteiger charge is -2.11. The van der Waals surface area contributed by atoms with Crippen molar-refractivity contribution in [3.8, 4) is 11.1 Å². The van der Waals surface area contributed by atoms with Gasteiger partial charge in [0.05, 0.1) is 17.4 Å². The zero-order valence-corrected chi connectivity index (χ0v) is 13.4. The molecule has 0 saturated carbocycles. The van der Waals surface area contributed by atoms with Crippen molar-refractivity contribution in [1.82, 2.24) is 9.55 Å². The van der Waals surface area contributed by atoms with Gasteiger partial charge in [-0.15, -0.1) is 0 Å². The summed E-state index contributed by atoms with van der Waals surface area (Å²) >= 11 is 0. The number of para-hydroxylation sites is 1. The van der Waals surface area contributed by atoms with Gasteiger partial charge < -0.3 is 4.57 Å². The summed E-state index contributed by atoms with van der Waals surface area (Å²) in [5.74, 6) is 0. The van der Waals surface area contributed by atoms with Crippen LogP contribution in [0.2, 0.25) is 0 Å². The molecule has 114 valence electrons. The highest BCUT2D eigenvalue weighted by atomic mass is 15.0. The Morgan fingerprint density at radius 2 is 1.46 bits per heavy atom. The van der Waals surface area contributed by atoms with E-state index in [1.807, 2.05) is 6.33 Å². The largest absolute Gasteiger partial charge is 0.333 e. The average molecular weight is 308 g/mol. The van der Waals surface area contributed by atoms with Crippen molar-refractivity contribution >= 4 is 32.6 Å². The van der Waals surface area contributed by atoms with Crippen LogP contribution in [-0.2, 0) is 7.05 Å². The van der Waals surface area contributed by atoms with Crippen LogP contribution in [0.5, 0.6) is 0 Å². The number of rotatable bonds is 1. The van der Waals surface area contributed by atoms with Crippen molar-refractivity contribution in [3.63, 3.8) is 0 Å². The molecule has 0 bridgehead atoms. The first kappa shape index (κ1) is 13.3. The van der Waals surface area contributed by atoms with Crippen LogP contribution in [0.1, 0.15) is 0 Å². The summed E-state index contributed by atoms with van der Waals surface area (Å²) in [7, 11) is 2.05. The van der Waals surface area contributed by atoms with Crippen molar-refractivity contribution in [2.45, 2.75) is 0 Å². The monoisotopic (exact) mass is 308 g/mol. The van der Waals surface area contributed by atoms with E-state index in [0.717, 1.165) is 5.52 Å². The van der Waals surface area contributed by atoms with Crippen LogP contribution in [-0.4, -0.2) is 9.55 Å². The maximum absolute atomic E-state index is 4.50. The molecule has 5 aromatic rings. The Hall–Kier alpha value is -3.13. The minimum Gasteiger partial charge on any atom is -0.333 e. The molecule has 0 unspecified atom stereocenters. The summed E-state index contributed by atoms with van der Waals surface area (Å²) in [4.78, 5) is 4.50. The normalized spacial score (nSPS) is 11.5. The second-order valence-electron chi connectivity index (χ2n) is 6.22. The smallest absolute Gasteiger partial charge is 0.0955 e. The van der Waals surface area contributed by atoms with Gasteiger partial charge in [0, 0.05) is 12.6 Å².